The number of benzene rings is 1. The van der Waals surface area contributed by atoms with Crippen molar-refractivity contribution in [2.24, 2.45) is 0 Å². The van der Waals surface area contributed by atoms with Crippen molar-refractivity contribution in [1.29, 1.82) is 0 Å². The summed E-state index contributed by atoms with van der Waals surface area (Å²) < 4.78 is 1.76. The average Bonchev–Trinajstić information content (AvgIpc) is 2.85. The third-order valence-corrected chi connectivity index (χ3v) is 3.29. The van der Waals surface area contributed by atoms with Crippen LogP contribution < -0.4 is 4.84 Å². The van der Waals surface area contributed by atoms with Gasteiger partial charge < -0.3 is 4.84 Å². The molecule has 0 N–H and O–H groups in total. The lowest BCUT2D eigenvalue weighted by Crippen LogP contribution is -2.14. The van der Waals surface area contributed by atoms with Crippen LogP contribution in [0, 0.1) is 6.92 Å². The first kappa shape index (κ1) is 12.7. The van der Waals surface area contributed by atoms with Crippen LogP contribution in [0.5, 0.6) is 0 Å². The van der Waals surface area contributed by atoms with Crippen molar-refractivity contribution in [3.63, 3.8) is 0 Å². The fourth-order valence-corrected chi connectivity index (χ4v) is 2.19. The lowest BCUT2D eigenvalue weighted by molar-refractivity contribution is 0.0984. The first-order valence-electron chi connectivity index (χ1n) is 6.79. The van der Waals surface area contributed by atoms with Crippen LogP contribution in [0.15, 0.2) is 42.6 Å². The molecule has 0 aliphatic carbocycles. The van der Waals surface area contributed by atoms with Crippen molar-refractivity contribution < 1.29 is 4.84 Å². The molecular weight excluding hydrogens is 250 g/mol. The predicted molar refractivity (Wildman–Crippen MR) is 78.4 cm³/mol. The molecule has 3 rings (SSSR count). The van der Waals surface area contributed by atoms with Crippen LogP contribution in [0.25, 0.3) is 11.2 Å². The Morgan fingerprint density at radius 3 is 2.70 bits per heavy atom. The number of pyridine rings is 1. The Morgan fingerprint density at radius 1 is 1.15 bits per heavy atom. The van der Waals surface area contributed by atoms with Gasteiger partial charge in [-0.05, 0) is 24.1 Å². The number of hydrogen-bond acceptors (Lipinski definition) is 3. The summed E-state index contributed by atoms with van der Waals surface area (Å²) in [6.45, 7) is 4.62. The first-order valence-corrected chi connectivity index (χ1v) is 6.79. The van der Waals surface area contributed by atoms with Gasteiger partial charge in [0, 0.05) is 12.6 Å². The zero-order valence-corrected chi connectivity index (χ0v) is 11.7. The van der Waals surface area contributed by atoms with E-state index in [0.717, 1.165) is 34.5 Å². The molecule has 0 saturated carbocycles. The maximum Gasteiger partial charge on any atom is 0.196 e. The Morgan fingerprint density at radius 2 is 1.95 bits per heavy atom. The summed E-state index contributed by atoms with van der Waals surface area (Å²) in [4.78, 5) is 14.9. The van der Waals surface area contributed by atoms with E-state index in [1.54, 1.807) is 10.9 Å². The highest BCUT2D eigenvalue weighted by Crippen LogP contribution is 2.17. The molecule has 0 spiro atoms. The van der Waals surface area contributed by atoms with E-state index in [1.807, 2.05) is 43.3 Å². The largest absolute Gasteiger partial charge is 0.406 e. The molecule has 0 radical (unpaired) electrons. The number of aromatic nitrogens is 3. The lowest BCUT2D eigenvalue weighted by atomic mass is 10.2. The maximum atomic E-state index is 5.91. The molecule has 2 heterocycles. The van der Waals surface area contributed by atoms with Crippen LogP contribution in [0.2, 0.25) is 0 Å². The second kappa shape index (κ2) is 5.33. The first-order chi connectivity index (χ1) is 9.79. The lowest BCUT2D eigenvalue weighted by Gasteiger charge is -2.09. The minimum atomic E-state index is 0.509. The van der Waals surface area contributed by atoms with Crippen molar-refractivity contribution in [2.75, 3.05) is 0 Å². The summed E-state index contributed by atoms with van der Waals surface area (Å²) in [6, 6.07) is 12.1. The minimum Gasteiger partial charge on any atom is -0.406 e. The van der Waals surface area contributed by atoms with Gasteiger partial charge in [0.25, 0.3) is 0 Å². The molecule has 4 heteroatoms. The van der Waals surface area contributed by atoms with Crippen molar-refractivity contribution >= 4 is 11.2 Å². The molecule has 4 nitrogen and oxygen atoms in total. The Labute approximate surface area is 118 Å². The molecular formula is C16H17N3O. The third kappa shape index (κ3) is 2.25. The molecule has 2 aromatic heterocycles. The molecule has 0 unspecified atom stereocenters. The molecule has 0 atom stereocenters. The second-order valence-corrected chi connectivity index (χ2v) is 4.74. The number of fused-ring (bicyclic) bond motifs is 1. The molecule has 3 aromatic rings. The number of nitrogens with zero attached hydrogens (tertiary/aromatic N) is 3. The van der Waals surface area contributed by atoms with Crippen LogP contribution in [0.4, 0.5) is 0 Å². The summed E-state index contributed by atoms with van der Waals surface area (Å²) in [6.07, 6.45) is 2.60. The number of rotatable bonds is 4. The average molecular weight is 267 g/mol. The number of imidazole rings is 1. The fourth-order valence-electron chi connectivity index (χ4n) is 2.19. The highest BCUT2D eigenvalue weighted by molar-refractivity contribution is 5.74. The van der Waals surface area contributed by atoms with Crippen LogP contribution in [0.3, 0.4) is 0 Å². The van der Waals surface area contributed by atoms with Gasteiger partial charge in [-0.3, -0.25) is 0 Å². The van der Waals surface area contributed by atoms with Gasteiger partial charge in [-0.15, -0.1) is 4.73 Å². The van der Waals surface area contributed by atoms with Gasteiger partial charge >= 0.3 is 0 Å². The number of hydrogen-bond donors (Lipinski definition) is 0. The molecule has 0 aliphatic rings. The quantitative estimate of drug-likeness (QED) is 0.729. The van der Waals surface area contributed by atoms with E-state index in [-0.39, 0.29) is 0 Å². The second-order valence-electron chi connectivity index (χ2n) is 4.74. The minimum absolute atomic E-state index is 0.509. The van der Waals surface area contributed by atoms with Gasteiger partial charge in [-0.1, -0.05) is 37.3 Å². The van der Waals surface area contributed by atoms with Crippen LogP contribution in [0.1, 0.15) is 23.9 Å². The summed E-state index contributed by atoms with van der Waals surface area (Å²) >= 11 is 0. The molecule has 20 heavy (non-hydrogen) atoms. The van der Waals surface area contributed by atoms with Gasteiger partial charge in [0.2, 0.25) is 0 Å². The molecule has 0 amide bonds. The summed E-state index contributed by atoms with van der Waals surface area (Å²) in [5.74, 6) is 0.901. The SMILES string of the molecule is CCc1nc2c(C)ccnc2n1OCc1ccccc1. The highest BCUT2D eigenvalue weighted by Gasteiger charge is 2.13. The molecule has 0 saturated heterocycles. The van der Waals surface area contributed by atoms with E-state index in [9.17, 15) is 0 Å². The van der Waals surface area contributed by atoms with E-state index in [2.05, 4.69) is 16.9 Å². The Balaban J connectivity index is 1.96. The summed E-state index contributed by atoms with van der Waals surface area (Å²) in [7, 11) is 0. The van der Waals surface area contributed by atoms with Gasteiger partial charge in [-0.2, -0.15) is 0 Å². The van der Waals surface area contributed by atoms with Gasteiger partial charge in [0.1, 0.15) is 17.9 Å². The van der Waals surface area contributed by atoms with E-state index in [1.165, 1.54) is 0 Å². The molecule has 0 bridgehead atoms. The van der Waals surface area contributed by atoms with E-state index in [4.69, 9.17) is 4.84 Å². The maximum absolute atomic E-state index is 5.91. The van der Waals surface area contributed by atoms with Gasteiger partial charge in [0.05, 0.1) is 0 Å². The Kier molecular flexibility index (Phi) is 3.37. The normalized spacial score (nSPS) is 10.9. The van der Waals surface area contributed by atoms with Gasteiger partial charge in [0.15, 0.2) is 5.65 Å². The molecule has 0 fully saturated rings. The molecule has 102 valence electrons. The zero-order valence-electron chi connectivity index (χ0n) is 11.7. The number of aryl methyl sites for hydroxylation is 2. The monoisotopic (exact) mass is 267 g/mol. The Hall–Kier alpha value is -2.36. The van der Waals surface area contributed by atoms with Crippen molar-refractivity contribution in [2.45, 2.75) is 26.9 Å². The smallest absolute Gasteiger partial charge is 0.196 e. The molecule has 0 aliphatic heterocycles. The summed E-state index contributed by atoms with van der Waals surface area (Å²) in [5, 5.41) is 0. The van der Waals surface area contributed by atoms with E-state index < -0.39 is 0 Å². The fraction of sp³-hybridized carbons (Fsp3) is 0.250. The van der Waals surface area contributed by atoms with Crippen molar-refractivity contribution in [3.8, 4) is 0 Å². The van der Waals surface area contributed by atoms with Gasteiger partial charge in [-0.25, -0.2) is 9.97 Å². The van der Waals surface area contributed by atoms with E-state index in [0.29, 0.717) is 6.61 Å². The third-order valence-electron chi connectivity index (χ3n) is 3.29. The molecule has 1 aromatic carbocycles. The van der Waals surface area contributed by atoms with Crippen LogP contribution in [-0.4, -0.2) is 14.7 Å². The topological polar surface area (TPSA) is 39.9 Å². The predicted octanol–water partition coefficient (Wildman–Crippen LogP) is 2.93. The zero-order chi connectivity index (χ0) is 13.9. The Bertz CT molecular complexity index is 719. The van der Waals surface area contributed by atoms with Crippen molar-refractivity contribution in [1.82, 2.24) is 14.7 Å². The van der Waals surface area contributed by atoms with Crippen LogP contribution in [-0.2, 0) is 13.0 Å². The van der Waals surface area contributed by atoms with Crippen LogP contribution >= 0.6 is 0 Å². The van der Waals surface area contributed by atoms with Crippen molar-refractivity contribution in [3.05, 3.63) is 59.5 Å². The summed E-state index contributed by atoms with van der Waals surface area (Å²) in [5.41, 5.74) is 3.95. The van der Waals surface area contributed by atoms with E-state index >= 15 is 0 Å². The highest BCUT2D eigenvalue weighted by atomic mass is 16.7. The standard InChI is InChI=1S/C16H17N3O/c1-3-14-18-15-12(2)9-10-17-16(15)19(14)20-11-13-7-5-4-6-8-13/h4-10H,3,11H2,1-2H3.